The summed E-state index contributed by atoms with van der Waals surface area (Å²) in [5.41, 5.74) is 1.18. The van der Waals surface area contributed by atoms with Gasteiger partial charge in [-0.2, -0.15) is 0 Å². The van der Waals surface area contributed by atoms with Crippen LogP contribution in [0, 0.1) is 6.92 Å². The van der Waals surface area contributed by atoms with Crippen molar-refractivity contribution in [2.24, 2.45) is 0 Å². The van der Waals surface area contributed by atoms with Crippen molar-refractivity contribution in [3.63, 3.8) is 0 Å². The zero-order valence-electron chi connectivity index (χ0n) is 11.6. The van der Waals surface area contributed by atoms with Gasteiger partial charge in [0.1, 0.15) is 5.69 Å². The quantitative estimate of drug-likeness (QED) is 0.869. The van der Waals surface area contributed by atoms with E-state index < -0.39 is 0 Å². The van der Waals surface area contributed by atoms with Crippen LogP contribution in [0.2, 0.25) is 0 Å². The van der Waals surface area contributed by atoms with Gasteiger partial charge in [-0.15, -0.1) is 0 Å². The van der Waals surface area contributed by atoms with Gasteiger partial charge in [-0.25, -0.2) is 9.97 Å². The molecule has 1 saturated heterocycles. The molecule has 1 aliphatic heterocycles. The second-order valence-electron chi connectivity index (χ2n) is 4.93. The molecule has 1 fully saturated rings. The zero-order valence-corrected chi connectivity index (χ0v) is 11.6. The average molecular weight is 264 g/mol. The van der Waals surface area contributed by atoms with E-state index in [9.17, 15) is 4.79 Å². The van der Waals surface area contributed by atoms with Gasteiger partial charge in [0.15, 0.2) is 0 Å². The molecular formula is C13H20N4O2. The third-order valence-corrected chi connectivity index (χ3v) is 2.99. The summed E-state index contributed by atoms with van der Waals surface area (Å²) in [6.07, 6.45) is 2.21. The fourth-order valence-electron chi connectivity index (χ4n) is 1.97. The van der Waals surface area contributed by atoms with Gasteiger partial charge >= 0.3 is 0 Å². The van der Waals surface area contributed by atoms with Gasteiger partial charge in [0.2, 0.25) is 5.95 Å². The number of carbonyl (C=O) groups excluding carboxylic acids is 1. The van der Waals surface area contributed by atoms with Gasteiger partial charge in [0.25, 0.3) is 5.91 Å². The molecule has 1 atom stereocenters. The minimum Gasteiger partial charge on any atom is -0.376 e. The van der Waals surface area contributed by atoms with Crippen LogP contribution in [0.5, 0.6) is 0 Å². The van der Waals surface area contributed by atoms with Crippen molar-refractivity contribution in [2.75, 3.05) is 32.1 Å². The van der Waals surface area contributed by atoms with Gasteiger partial charge in [-0.05, 0) is 25.8 Å². The van der Waals surface area contributed by atoms with Crippen LogP contribution in [0.1, 0.15) is 29.0 Å². The highest BCUT2D eigenvalue weighted by Gasteiger charge is 2.17. The van der Waals surface area contributed by atoms with Crippen LogP contribution in [0.3, 0.4) is 0 Å². The lowest BCUT2D eigenvalue weighted by Gasteiger charge is -2.13. The lowest BCUT2D eigenvalue weighted by Crippen LogP contribution is -2.32. The van der Waals surface area contributed by atoms with Crippen LogP contribution >= 0.6 is 0 Å². The Kier molecular flexibility index (Phi) is 4.31. The highest BCUT2D eigenvalue weighted by molar-refractivity contribution is 5.92. The summed E-state index contributed by atoms with van der Waals surface area (Å²) in [5, 5.41) is 2.86. The molecule has 2 rings (SSSR count). The third kappa shape index (κ3) is 3.64. The lowest BCUT2D eigenvalue weighted by molar-refractivity contribution is 0.0853. The number of hydrogen-bond acceptors (Lipinski definition) is 5. The van der Waals surface area contributed by atoms with Crippen LogP contribution in [0.4, 0.5) is 5.95 Å². The fourth-order valence-corrected chi connectivity index (χ4v) is 1.97. The average Bonchev–Trinajstić information content (AvgIpc) is 2.88. The van der Waals surface area contributed by atoms with Crippen molar-refractivity contribution in [1.82, 2.24) is 15.3 Å². The molecule has 6 heteroatoms. The smallest absolute Gasteiger partial charge is 0.270 e. The predicted octanol–water partition coefficient (Wildman–Crippen LogP) is 0.760. The number of rotatable bonds is 4. The molecule has 0 radical (unpaired) electrons. The van der Waals surface area contributed by atoms with E-state index in [0.29, 0.717) is 18.2 Å². The number of nitrogens with one attached hydrogen (secondary N) is 1. The second kappa shape index (κ2) is 5.97. The first-order chi connectivity index (χ1) is 9.06. The van der Waals surface area contributed by atoms with Gasteiger partial charge in [-0.1, -0.05) is 0 Å². The molecule has 0 bridgehead atoms. The number of aromatic nitrogens is 2. The number of anilines is 1. The summed E-state index contributed by atoms with van der Waals surface area (Å²) < 4.78 is 5.47. The Labute approximate surface area is 113 Å². The molecule has 1 aromatic rings. The van der Waals surface area contributed by atoms with Crippen molar-refractivity contribution < 1.29 is 9.53 Å². The minimum absolute atomic E-state index is 0.139. The summed E-state index contributed by atoms with van der Waals surface area (Å²) >= 11 is 0. The number of nitrogens with zero attached hydrogens (tertiary/aromatic N) is 3. The molecule has 0 spiro atoms. The van der Waals surface area contributed by atoms with E-state index in [2.05, 4.69) is 15.3 Å². The van der Waals surface area contributed by atoms with E-state index in [-0.39, 0.29) is 12.0 Å². The Morgan fingerprint density at radius 3 is 2.95 bits per heavy atom. The van der Waals surface area contributed by atoms with Crippen LogP contribution < -0.4 is 10.2 Å². The number of aryl methyl sites for hydroxylation is 1. The van der Waals surface area contributed by atoms with Crippen LogP contribution in [-0.2, 0) is 4.74 Å². The van der Waals surface area contributed by atoms with E-state index in [4.69, 9.17) is 4.74 Å². The Morgan fingerprint density at radius 2 is 2.32 bits per heavy atom. The number of ether oxygens (including phenoxy) is 1. The van der Waals surface area contributed by atoms with Crippen LogP contribution in [0.25, 0.3) is 0 Å². The molecule has 0 aliphatic carbocycles. The summed E-state index contributed by atoms with van der Waals surface area (Å²) in [4.78, 5) is 22.3. The van der Waals surface area contributed by atoms with Gasteiger partial charge in [-0.3, -0.25) is 4.79 Å². The molecule has 2 heterocycles. The minimum atomic E-state index is -0.177. The maximum atomic E-state index is 12.1. The van der Waals surface area contributed by atoms with Gasteiger partial charge in [0.05, 0.1) is 6.10 Å². The number of carbonyl (C=O) groups is 1. The van der Waals surface area contributed by atoms with Gasteiger partial charge < -0.3 is 15.0 Å². The molecule has 104 valence electrons. The summed E-state index contributed by atoms with van der Waals surface area (Å²) in [5.74, 6) is 0.367. The molecule has 0 aromatic carbocycles. The molecule has 0 saturated carbocycles. The zero-order chi connectivity index (χ0) is 13.8. The van der Waals surface area contributed by atoms with E-state index in [1.54, 1.807) is 11.0 Å². The number of hydrogen-bond donors (Lipinski definition) is 1. The standard InChI is InChI=1S/C13H20N4O2/c1-9-7-11(16-13(15-9)17(2)3)12(18)14-8-10-5-4-6-19-10/h7,10H,4-6,8H2,1-3H3,(H,14,18)/t10-/m0/s1. The molecule has 0 unspecified atom stereocenters. The lowest BCUT2D eigenvalue weighted by atomic mass is 10.2. The Balaban J connectivity index is 2.01. The molecule has 1 aliphatic rings. The Bertz CT molecular complexity index is 456. The molecule has 1 N–H and O–H groups in total. The fraction of sp³-hybridized carbons (Fsp3) is 0.615. The van der Waals surface area contributed by atoms with Gasteiger partial charge in [0, 0.05) is 32.9 Å². The van der Waals surface area contributed by atoms with E-state index >= 15 is 0 Å². The van der Waals surface area contributed by atoms with E-state index in [0.717, 1.165) is 25.1 Å². The third-order valence-electron chi connectivity index (χ3n) is 2.99. The molecule has 6 nitrogen and oxygen atoms in total. The van der Waals surface area contributed by atoms with E-state index in [1.807, 2.05) is 21.0 Å². The molecule has 19 heavy (non-hydrogen) atoms. The SMILES string of the molecule is Cc1cc(C(=O)NC[C@@H]2CCCO2)nc(N(C)C)n1. The maximum absolute atomic E-state index is 12.1. The predicted molar refractivity (Wildman–Crippen MR) is 72.4 cm³/mol. The Morgan fingerprint density at radius 1 is 1.53 bits per heavy atom. The first-order valence-corrected chi connectivity index (χ1v) is 6.49. The first kappa shape index (κ1) is 13.7. The molecule has 1 aromatic heterocycles. The van der Waals surface area contributed by atoms with Crippen molar-refractivity contribution >= 4 is 11.9 Å². The van der Waals surface area contributed by atoms with Crippen molar-refractivity contribution in [2.45, 2.75) is 25.9 Å². The van der Waals surface area contributed by atoms with E-state index in [1.165, 1.54) is 0 Å². The topological polar surface area (TPSA) is 67.3 Å². The van der Waals surface area contributed by atoms with Crippen LogP contribution in [-0.4, -0.2) is 49.2 Å². The van der Waals surface area contributed by atoms with Crippen molar-refractivity contribution in [3.8, 4) is 0 Å². The van der Waals surface area contributed by atoms with Crippen LogP contribution in [0.15, 0.2) is 6.07 Å². The summed E-state index contributed by atoms with van der Waals surface area (Å²) in [6.45, 7) is 3.18. The summed E-state index contributed by atoms with van der Waals surface area (Å²) in [7, 11) is 3.70. The largest absolute Gasteiger partial charge is 0.376 e. The maximum Gasteiger partial charge on any atom is 0.270 e. The highest BCUT2D eigenvalue weighted by atomic mass is 16.5. The molecular weight excluding hydrogens is 244 g/mol. The highest BCUT2D eigenvalue weighted by Crippen LogP contribution is 2.11. The van der Waals surface area contributed by atoms with Crippen molar-refractivity contribution in [1.29, 1.82) is 0 Å². The Hall–Kier alpha value is -1.69. The number of amides is 1. The van der Waals surface area contributed by atoms with Crippen molar-refractivity contribution in [3.05, 3.63) is 17.5 Å². The summed E-state index contributed by atoms with van der Waals surface area (Å²) in [6, 6.07) is 1.69. The first-order valence-electron chi connectivity index (χ1n) is 6.49. The normalized spacial score (nSPS) is 18.4. The monoisotopic (exact) mass is 264 g/mol. The molecule has 1 amide bonds. The second-order valence-corrected chi connectivity index (χ2v) is 4.93.